The molecular formula is C15H19N3OS. The fraction of sp³-hybridized carbons (Fsp3) is 0.400. The lowest BCUT2D eigenvalue weighted by atomic mass is 10.1. The van der Waals surface area contributed by atoms with Gasteiger partial charge in [-0.05, 0) is 48.3 Å². The van der Waals surface area contributed by atoms with E-state index >= 15 is 0 Å². The third-order valence-electron chi connectivity index (χ3n) is 3.61. The van der Waals surface area contributed by atoms with Crippen molar-refractivity contribution in [1.29, 1.82) is 0 Å². The number of ether oxygens (including phenoxy) is 1. The maximum atomic E-state index is 5.95. The lowest BCUT2D eigenvalue weighted by Gasteiger charge is -2.09. The second kappa shape index (κ2) is 5.71. The minimum atomic E-state index is 0.627. The summed E-state index contributed by atoms with van der Waals surface area (Å²) in [6.45, 7) is 0.863. The molecule has 5 heteroatoms. The van der Waals surface area contributed by atoms with Crippen molar-refractivity contribution in [3.63, 3.8) is 0 Å². The number of benzene rings is 1. The molecule has 1 fully saturated rings. The number of anilines is 2. The van der Waals surface area contributed by atoms with Gasteiger partial charge in [-0.15, -0.1) is 0 Å². The number of hydrogen-bond acceptors (Lipinski definition) is 5. The predicted molar refractivity (Wildman–Crippen MR) is 83.7 cm³/mol. The molecule has 2 aromatic rings. The molecule has 0 atom stereocenters. The Kier molecular flexibility index (Phi) is 3.78. The molecule has 1 aliphatic carbocycles. The molecule has 1 aromatic heterocycles. The quantitative estimate of drug-likeness (QED) is 0.857. The SMILES string of the molecule is COc1ccccc1CCNc1snc(N)c1C1CC1. The lowest BCUT2D eigenvalue weighted by Crippen LogP contribution is -2.06. The number of hydrogen-bond donors (Lipinski definition) is 2. The molecule has 1 heterocycles. The molecule has 0 amide bonds. The summed E-state index contributed by atoms with van der Waals surface area (Å²) in [6, 6.07) is 8.13. The van der Waals surface area contributed by atoms with Crippen LogP contribution in [0.4, 0.5) is 10.8 Å². The van der Waals surface area contributed by atoms with Gasteiger partial charge in [0.05, 0.1) is 7.11 Å². The average molecular weight is 289 g/mol. The second-order valence-electron chi connectivity index (χ2n) is 5.07. The van der Waals surface area contributed by atoms with E-state index in [0.717, 1.165) is 23.7 Å². The summed E-state index contributed by atoms with van der Waals surface area (Å²) < 4.78 is 9.64. The van der Waals surface area contributed by atoms with E-state index in [1.807, 2.05) is 18.2 Å². The lowest BCUT2D eigenvalue weighted by molar-refractivity contribution is 0.410. The number of nitrogen functional groups attached to an aromatic ring is 1. The van der Waals surface area contributed by atoms with Gasteiger partial charge in [0.1, 0.15) is 16.6 Å². The molecule has 0 spiro atoms. The smallest absolute Gasteiger partial charge is 0.142 e. The van der Waals surface area contributed by atoms with Crippen molar-refractivity contribution in [2.24, 2.45) is 0 Å². The van der Waals surface area contributed by atoms with Gasteiger partial charge in [0.15, 0.2) is 0 Å². The van der Waals surface area contributed by atoms with E-state index in [4.69, 9.17) is 10.5 Å². The number of nitrogens with zero attached hydrogens (tertiary/aromatic N) is 1. The standard InChI is InChI=1S/C15H19N3OS/c1-19-12-5-3-2-4-10(12)8-9-17-15-13(11-6-7-11)14(16)18-20-15/h2-5,11,17H,6-9H2,1H3,(H2,16,18). The highest BCUT2D eigenvalue weighted by Gasteiger charge is 2.30. The van der Waals surface area contributed by atoms with Crippen LogP contribution in [0.2, 0.25) is 0 Å². The minimum Gasteiger partial charge on any atom is -0.496 e. The maximum absolute atomic E-state index is 5.95. The molecule has 4 nitrogen and oxygen atoms in total. The van der Waals surface area contributed by atoms with E-state index in [-0.39, 0.29) is 0 Å². The fourth-order valence-corrected chi connectivity index (χ4v) is 3.25. The van der Waals surface area contributed by atoms with Crippen LogP contribution >= 0.6 is 11.5 Å². The molecule has 0 unspecified atom stereocenters. The topological polar surface area (TPSA) is 60.2 Å². The summed E-state index contributed by atoms with van der Waals surface area (Å²) in [4.78, 5) is 0. The Balaban J connectivity index is 1.63. The first-order chi connectivity index (χ1) is 9.79. The molecule has 0 radical (unpaired) electrons. The molecule has 1 saturated carbocycles. The Bertz CT molecular complexity index is 593. The highest BCUT2D eigenvalue weighted by atomic mass is 32.1. The van der Waals surface area contributed by atoms with Crippen molar-refractivity contribution < 1.29 is 4.74 Å². The third-order valence-corrected chi connectivity index (χ3v) is 4.45. The number of rotatable bonds is 6. The summed E-state index contributed by atoms with van der Waals surface area (Å²) in [5, 5.41) is 4.61. The third kappa shape index (κ3) is 2.72. The molecule has 0 aliphatic heterocycles. The Morgan fingerprint density at radius 1 is 1.40 bits per heavy atom. The Labute approximate surface area is 123 Å². The summed E-state index contributed by atoms with van der Waals surface area (Å²) >= 11 is 1.47. The first kappa shape index (κ1) is 13.2. The average Bonchev–Trinajstić information content (AvgIpc) is 3.24. The van der Waals surface area contributed by atoms with Crippen LogP contribution in [0.5, 0.6) is 5.75 Å². The van der Waals surface area contributed by atoms with Crippen molar-refractivity contribution in [2.45, 2.75) is 25.2 Å². The van der Waals surface area contributed by atoms with Crippen LogP contribution in [0.1, 0.15) is 29.9 Å². The number of aromatic nitrogens is 1. The Hall–Kier alpha value is -1.75. The number of para-hydroxylation sites is 1. The Morgan fingerprint density at radius 3 is 2.95 bits per heavy atom. The van der Waals surface area contributed by atoms with Gasteiger partial charge in [-0.2, -0.15) is 4.37 Å². The summed E-state index contributed by atoms with van der Waals surface area (Å²) in [5.41, 5.74) is 8.40. The van der Waals surface area contributed by atoms with Crippen molar-refractivity contribution in [3.05, 3.63) is 35.4 Å². The van der Waals surface area contributed by atoms with Crippen LogP contribution in [0.3, 0.4) is 0 Å². The van der Waals surface area contributed by atoms with Crippen LogP contribution < -0.4 is 15.8 Å². The highest BCUT2D eigenvalue weighted by Crippen LogP contribution is 2.47. The number of nitrogens with two attached hydrogens (primary N) is 1. The summed E-state index contributed by atoms with van der Waals surface area (Å²) in [7, 11) is 1.71. The Morgan fingerprint density at radius 2 is 2.20 bits per heavy atom. The predicted octanol–water partition coefficient (Wildman–Crippen LogP) is 3.27. The minimum absolute atomic E-state index is 0.627. The van der Waals surface area contributed by atoms with Crippen LogP contribution in [-0.2, 0) is 6.42 Å². The van der Waals surface area contributed by atoms with Gasteiger partial charge in [0, 0.05) is 12.1 Å². The largest absolute Gasteiger partial charge is 0.496 e. The van der Waals surface area contributed by atoms with Crippen LogP contribution in [0, 0.1) is 0 Å². The van der Waals surface area contributed by atoms with Gasteiger partial charge >= 0.3 is 0 Å². The monoisotopic (exact) mass is 289 g/mol. The maximum Gasteiger partial charge on any atom is 0.142 e. The molecular weight excluding hydrogens is 270 g/mol. The molecule has 3 N–H and O–H groups in total. The van der Waals surface area contributed by atoms with Gasteiger partial charge in [-0.1, -0.05) is 18.2 Å². The van der Waals surface area contributed by atoms with Gasteiger partial charge in [-0.3, -0.25) is 0 Å². The molecule has 106 valence electrons. The van der Waals surface area contributed by atoms with Crippen molar-refractivity contribution in [3.8, 4) is 5.75 Å². The van der Waals surface area contributed by atoms with E-state index in [0.29, 0.717) is 11.7 Å². The highest BCUT2D eigenvalue weighted by molar-refractivity contribution is 7.10. The summed E-state index contributed by atoms with van der Waals surface area (Å²) in [5.74, 6) is 2.28. The molecule has 20 heavy (non-hydrogen) atoms. The van der Waals surface area contributed by atoms with Gasteiger partial charge in [-0.25, -0.2) is 0 Å². The number of nitrogens with one attached hydrogen (secondary N) is 1. The van der Waals surface area contributed by atoms with Crippen LogP contribution in [0.15, 0.2) is 24.3 Å². The first-order valence-corrected chi connectivity index (χ1v) is 7.67. The van der Waals surface area contributed by atoms with Gasteiger partial charge in [0.2, 0.25) is 0 Å². The van der Waals surface area contributed by atoms with Crippen molar-refractivity contribution in [2.75, 3.05) is 24.7 Å². The zero-order valence-corrected chi connectivity index (χ0v) is 12.4. The van der Waals surface area contributed by atoms with Gasteiger partial charge in [0.25, 0.3) is 0 Å². The molecule has 1 aliphatic rings. The van der Waals surface area contributed by atoms with E-state index in [2.05, 4.69) is 15.8 Å². The van der Waals surface area contributed by atoms with E-state index < -0.39 is 0 Å². The van der Waals surface area contributed by atoms with E-state index in [9.17, 15) is 0 Å². The summed E-state index contributed by atoms with van der Waals surface area (Å²) in [6.07, 6.45) is 3.40. The van der Waals surface area contributed by atoms with Crippen molar-refractivity contribution >= 4 is 22.4 Å². The van der Waals surface area contributed by atoms with E-state index in [1.54, 1.807) is 7.11 Å². The zero-order chi connectivity index (χ0) is 13.9. The molecule has 3 rings (SSSR count). The normalized spacial score (nSPS) is 14.2. The zero-order valence-electron chi connectivity index (χ0n) is 11.6. The fourth-order valence-electron chi connectivity index (χ4n) is 2.42. The van der Waals surface area contributed by atoms with Crippen LogP contribution in [0.25, 0.3) is 0 Å². The molecule has 0 saturated heterocycles. The first-order valence-electron chi connectivity index (χ1n) is 6.90. The van der Waals surface area contributed by atoms with Gasteiger partial charge < -0.3 is 15.8 Å². The van der Waals surface area contributed by atoms with Crippen LogP contribution in [-0.4, -0.2) is 18.0 Å². The number of methoxy groups -OCH3 is 1. The van der Waals surface area contributed by atoms with E-state index in [1.165, 1.54) is 35.5 Å². The molecule has 1 aromatic carbocycles. The second-order valence-corrected chi connectivity index (χ2v) is 5.85. The molecule has 0 bridgehead atoms. The van der Waals surface area contributed by atoms with Crippen molar-refractivity contribution in [1.82, 2.24) is 4.37 Å².